The lowest BCUT2D eigenvalue weighted by Crippen LogP contribution is -2.40. The zero-order valence-electron chi connectivity index (χ0n) is 11.8. The SMILES string of the molecule is CCNc1cc(C(=O)NCC2(C)CCCO2)c(Cl)cn1. The molecule has 1 saturated heterocycles. The van der Waals surface area contributed by atoms with Crippen LogP contribution in [-0.4, -0.2) is 36.2 Å². The van der Waals surface area contributed by atoms with Crippen molar-refractivity contribution in [2.45, 2.75) is 32.3 Å². The van der Waals surface area contributed by atoms with Crippen LogP contribution in [0.4, 0.5) is 5.82 Å². The molecule has 5 nitrogen and oxygen atoms in total. The van der Waals surface area contributed by atoms with Crippen molar-refractivity contribution in [3.05, 3.63) is 22.8 Å². The quantitative estimate of drug-likeness (QED) is 0.876. The molecule has 0 saturated carbocycles. The van der Waals surface area contributed by atoms with Crippen molar-refractivity contribution >= 4 is 23.3 Å². The third-order valence-corrected chi connectivity index (χ3v) is 3.68. The Morgan fingerprint density at radius 1 is 1.60 bits per heavy atom. The fourth-order valence-electron chi connectivity index (χ4n) is 2.23. The number of carbonyl (C=O) groups excluding carboxylic acids is 1. The van der Waals surface area contributed by atoms with Crippen molar-refractivity contribution < 1.29 is 9.53 Å². The van der Waals surface area contributed by atoms with Gasteiger partial charge in [0.2, 0.25) is 0 Å². The number of rotatable bonds is 5. The number of pyridine rings is 1. The number of ether oxygens (including phenoxy) is 1. The minimum Gasteiger partial charge on any atom is -0.373 e. The molecule has 1 unspecified atom stereocenters. The number of amides is 1. The summed E-state index contributed by atoms with van der Waals surface area (Å²) in [4.78, 5) is 16.3. The molecule has 2 rings (SSSR count). The van der Waals surface area contributed by atoms with Gasteiger partial charge in [-0.25, -0.2) is 4.98 Å². The van der Waals surface area contributed by atoms with Gasteiger partial charge in [0.25, 0.3) is 5.91 Å². The van der Waals surface area contributed by atoms with Gasteiger partial charge in [-0.15, -0.1) is 0 Å². The van der Waals surface area contributed by atoms with E-state index in [0.29, 0.717) is 22.9 Å². The number of nitrogens with one attached hydrogen (secondary N) is 2. The summed E-state index contributed by atoms with van der Waals surface area (Å²) in [7, 11) is 0. The van der Waals surface area contributed by atoms with Gasteiger partial charge in [0.15, 0.2) is 0 Å². The predicted molar refractivity (Wildman–Crippen MR) is 79.3 cm³/mol. The minimum atomic E-state index is -0.264. The summed E-state index contributed by atoms with van der Waals surface area (Å²) in [5.41, 5.74) is 0.166. The van der Waals surface area contributed by atoms with Crippen LogP contribution in [0.2, 0.25) is 5.02 Å². The maximum absolute atomic E-state index is 12.2. The second-order valence-electron chi connectivity index (χ2n) is 5.16. The summed E-state index contributed by atoms with van der Waals surface area (Å²) in [5.74, 6) is 0.443. The van der Waals surface area contributed by atoms with E-state index in [1.807, 2.05) is 13.8 Å². The molecule has 0 aliphatic carbocycles. The number of aromatic nitrogens is 1. The second-order valence-corrected chi connectivity index (χ2v) is 5.57. The largest absolute Gasteiger partial charge is 0.373 e. The molecule has 6 heteroatoms. The van der Waals surface area contributed by atoms with E-state index in [1.54, 1.807) is 6.07 Å². The molecule has 0 radical (unpaired) electrons. The van der Waals surface area contributed by atoms with Crippen LogP contribution < -0.4 is 10.6 Å². The number of nitrogens with zero attached hydrogens (tertiary/aromatic N) is 1. The number of halogens is 1. The summed E-state index contributed by atoms with van der Waals surface area (Å²) in [5, 5.41) is 6.30. The van der Waals surface area contributed by atoms with Gasteiger partial charge in [0, 0.05) is 25.9 Å². The number of anilines is 1. The van der Waals surface area contributed by atoms with Crippen molar-refractivity contribution in [2.75, 3.05) is 25.0 Å². The van der Waals surface area contributed by atoms with Crippen molar-refractivity contribution in [1.82, 2.24) is 10.3 Å². The molecule has 2 heterocycles. The van der Waals surface area contributed by atoms with E-state index in [0.717, 1.165) is 26.0 Å². The Balaban J connectivity index is 2.02. The van der Waals surface area contributed by atoms with Gasteiger partial charge in [0.05, 0.1) is 16.2 Å². The van der Waals surface area contributed by atoms with E-state index in [2.05, 4.69) is 15.6 Å². The zero-order valence-corrected chi connectivity index (χ0v) is 12.6. The zero-order chi connectivity index (χ0) is 14.6. The Kier molecular flexibility index (Phi) is 4.83. The lowest BCUT2D eigenvalue weighted by molar-refractivity contribution is 0.0206. The number of hydrogen-bond acceptors (Lipinski definition) is 4. The van der Waals surface area contributed by atoms with E-state index < -0.39 is 0 Å². The monoisotopic (exact) mass is 297 g/mol. The molecule has 1 aliphatic rings. The molecule has 20 heavy (non-hydrogen) atoms. The average Bonchev–Trinajstić information content (AvgIpc) is 2.86. The Bertz CT molecular complexity index is 487. The molecule has 110 valence electrons. The van der Waals surface area contributed by atoms with Gasteiger partial charge < -0.3 is 15.4 Å². The van der Waals surface area contributed by atoms with Crippen LogP contribution in [0.15, 0.2) is 12.3 Å². The van der Waals surface area contributed by atoms with E-state index in [4.69, 9.17) is 16.3 Å². The molecular weight excluding hydrogens is 278 g/mol. The van der Waals surface area contributed by atoms with Gasteiger partial charge in [-0.3, -0.25) is 4.79 Å². The van der Waals surface area contributed by atoms with Crippen LogP contribution in [0.5, 0.6) is 0 Å². The first-order valence-electron chi connectivity index (χ1n) is 6.86. The Labute approximate surface area is 124 Å². The third kappa shape index (κ3) is 3.61. The number of hydrogen-bond donors (Lipinski definition) is 2. The molecule has 1 amide bonds. The highest BCUT2D eigenvalue weighted by molar-refractivity contribution is 6.33. The van der Waals surface area contributed by atoms with Crippen LogP contribution in [0.25, 0.3) is 0 Å². The van der Waals surface area contributed by atoms with E-state index >= 15 is 0 Å². The smallest absolute Gasteiger partial charge is 0.253 e. The third-order valence-electron chi connectivity index (χ3n) is 3.38. The van der Waals surface area contributed by atoms with Crippen molar-refractivity contribution in [2.24, 2.45) is 0 Å². The molecule has 0 bridgehead atoms. The highest BCUT2D eigenvalue weighted by Gasteiger charge is 2.30. The van der Waals surface area contributed by atoms with E-state index in [9.17, 15) is 4.79 Å². The highest BCUT2D eigenvalue weighted by atomic mass is 35.5. The molecular formula is C14H20ClN3O2. The summed E-state index contributed by atoms with van der Waals surface area (Å²) in [6.45, 7) is 5.96. The topological polar surface area (TPSA) is 63.2 Å². The van der Waals surface area contributed by atoms with Crippen molar-refractivity contribution in [3.63, 3.8) is 0 Å². The minimum absolute atomic E-state index is 0.201. The molecule has 1 aromatic rings. The fraction of sp³-hybridized carbons (Fsp3) is 0.571. The molecule has 2 N–H and O–H groups in total. The molecule has 1 aliphatic heterocycles. The first-order chi connectivity index (χ1) is 9.54. The molecule has 0 aromatic carbocycles. The van der Waals surface area contributed by atoms with Crippen LogP contribution in [-0.2, 0) is 4.74 Å². The predicted octanol–water partition coefficient (Wildman–Crippen LogP) is 2.47. The molecule has 0 spiro atoms. The first kappa shape index (κ1) is 15.1. The lowest BCUT2D eigenvalue weighted by Gasteiger charge is -2.23. The Morgan fingerprint density at radius 3 is 3.05 bits per heavy atom. The van der Waals surface area contributed by atoms with Gasteiger partial charge in [-0.1, -0.05) is 11.6 Å². The van der Waals surface area contributed by atoms with Gasteiger partial charge in [-0.05, 0) is 32.8 Å². The first-order valence-corrected chi connectivity index (χ1v) is 7.23. The molecule has 1 fully saturated rings. The molecule has 1 atom stereocenters. The summed E-state index contributed by atoms with van der Waals surface area (Å²) in [6, 6.07) is 1.67. The van der Waals surface area contributed by atoms with Gasteiger partial charge in [0.1, 0.15) is 5.82 Å². The Hall–Kier alpha value is -1.33. The lowest BCUT2D eigenvalue weighted by atomic mass is 10.0. The van der Waals surface area contributed by atoms with Crippen LogP contribution >= 0.6 is 11.6 Å². The standard InChI is InChI=1S/C14H20ClN3O2/c1-3-16-12-7-10(11(15)8-17-12)13(19)18-9-14(2)5-4-6-20-14/h7-8H,3-6,9H2,1-2H3,(H,16,17)(H,18,19). The normalized spacial score (nSPS) is 21.8. The number of carbonyl (C=O) groups is 1. The van der Waals surface area contributed by atoms with Gasteiger partial charge in [-0.2, -0.15) is 0 Å². The highest BCUT2D eigenvalue weighted by Crippen LogP contribution is 2.24. The summed E-state index contributed by atoms with van der Waals surface area (Å²) in [6.07, 6.45) is 3.48. The summed E-state index contributed by atoms with van der Waals surface area (Å²) >= 11 is 6.04. The van der Waals surface area contributed by atoms with Crippen LogP contribution in [0.3, 0.4) is 0 Å². The van der Waals surface area contributed by atoms with Crippen LogP contribution in [0.1, 0.15) is 37.0 Å². The maximum atomic E-state index is 12.2. The van der Waals surface area contributed by atoms with Crippen molar-refractivity contribution in [1.29, 1.82) is 0 Å². The van der Waals surface area contributed by atoms with E-state index in [1.165, 1.54) is 6.20 Å². The summed E-state index contributed by atoms with van der Waals surface area (Å²) < 4.78 is 5.65. The second kappa shape index (κ2) is 6.41. The maximum Gasteiger partial charge on any atom is 0.253 e. The Morgan fingerprint density at radius 2 is 2.40 bits per heavy atom. The molecule has 1 aromatic heterocycles. The van der Waals surface area contributed by atoms with Gasteiger partial charge >= 0.3 is 0 Å². The van der Waals surface area contributed by atoms with Crippen molar-refractivity contribution in [3.8, 4) is 0 Å². The fourth-order valence-corrected chi connectivity index (χ4v) is 2.42. The van der Waals surface area contributed by atoms with E-state index in [-0.39, 0.29) is 11.5 Å². The van der Waals surface area contributed by atoms with Crippen LogP contribution in [0, 0.1) is 0 Å². The average molecular weight is 298 g/mol.